The van der Waals surface area contributed by atoms with E-state index in [1.807, 2.05) is 6.92 Å². The first-order valence-electron chi connectivity index (χ1n) is 5.98. The van der Waals surface area contributed by atoms with E-state index in [0.717, 1.165) is 17.5 Å². The second-order valence-corrected chi connectivity index (χ2v) is 4.11. The molecule has 0 saturated carbocycles. The summed E-state index contributed by atoms with van der Waals surface area (Å²) in [6.07, 6.45) is 3.02. The van der Waals surface area contributed by atoms with Crippen LogP contribution in [0.1, 0.15) is 30.3 Å². The molecule has 0 radical (unpaired) electrons. The Bertz CT molecular complexity index is 426. The monoisotopic (exact) mass is 270 g/mol. The quantitative estimate of drug-likeness (QED) is 0.683. The van der Waals surface area contributed by atoms with Crippen molar-refractivity contribution < 1.29 is 19.4 Å². The van der Waals surface area contributed by atoms with E-state index in [1.165, 1.54) is 6.20 Å². The van der Waals surface area contributed by atoms with Gasteiger partial charge in [0.05, 0.1) is 18.8 Å². The number of methoxy groups -OCH3 is 1. The fraction of sp³-hybridized carbons (Fsp3) is 0.636. The first-order valence-corrected chi connectivity index (χ1v) is 5.98. The highest BCUT2D eigenvalue weighted by atomic mass is 16.5. The molecule has 1 rings (SSSR count). The van der Waals surface area contributed by atoms with Crippen molar-refractivity contribution in [2.45, 2.75) is 32.4 Å². The number of amides is 1. The largest absolute Gasteiger partial charge is 0.480 e. The normalized spacial score (nSPS) is 12.1. The number of carboxylic acid groups (broad SMARTS) is 1. The molecular weight excluding hydrogens is 252 g/mol. The molecule has 8 heteroatoms. The van der Waals surface area contributed by atoms with Gasteiger partial charge in [0.2, 0.25) is 0 Å². The third kappa shape index (κ3) is 5.04. The lowest BCUT2D eigenvalue weighted by Gasteiger charge is -2.15. The van der Waals surface area contributed by atoms with Gasteiger partial charge in [-0.25, -0.2) is 4.68 Å². The average molecular weight is 270 g/mol. The zero-order chi connectivity index (χ0) is 14.3. The molecule has 0 aliphatic heterocycles. The van der Waals surface area contributed by atoms with Crippen LogP contribution in [-0.4, -0.2) is 51.7 Å². The van der Waals surface area contributed by atoms with E-state index in [0.29, 0.717) is 6.61 Å². The molecule has 2 N–H and O–H groups in total. The van der Waals surface area contributed by atoms with Gasteiger partial charge in [0.25, 0.3) is 5.91 Å². The van der Waals surface area contributed by atoms with Crippen molar-refractivity contribution in [3.05, 3.63) is 11.9 Å². The van der Waals surface area contributed by atoms with Gasteiger partial charge in [-0.05, 0) is 6.42 Å². The predicted molar refractivity (Wildman–Crippen MR) is 65.7 cm³/mol. The van der Waals surface area contributed by atoms with Crippen LogP contribution in [0.4, 0.5) is 0 Å². The Morgan fingerprint density at radius 2 is 2.32 bits per heavy atom. The maximum atomic E-state index is 11.9. The molecule has 1 aromatic rings. The molecule has 106 valence electrons. The maximum Gasteiger partial charge on any atom is 0.325 e. The van der Waals surface area contributed by atoms with E-state index < -0.39 is 5.97 Å². The Labute approximate surface area is 110 Å². The number of ether oxygens (including phenoxy) is 1. The maximum absolute atomic E-state index is 11.9. The van der Waals surface area contributed by atoms with Crippen LogP contribution in [0, 0.1) is 0 Å². The second kappa shape index (κ2) is 7.47. The number of carbonyl (C=O) groups excluding carboxylic acids is 1. The zero-order valence-corrected chi connectivity index (χ0v) is 11.0. The third-order valence-electron chi connectivity index (χ3n) is 2.41. The lowest BCUT2D eigenvalue weighted by Crippen LogP contribution is -2.38. The van der Waals surface area contributed by atoms with Crippen LogP contribution in [0.2, 0.25) is 0 Å². The highest BCUT2D eigenvalue weighted by Crippen LogP contribution is 2.00. The van der Waals surface area contributed by atoms with Crippen LogP contribution in [0.3, 0.4) is 0 Å². The van der Waals surface area contributed by atoms with Crippen molar-refractivity contribution in [1.29, 1.82) is 0 Å². The number of aromatic nitrogens is 3. The Morgan fingerprint density at radius 1 is 1.58 bits per heavy atom. The molecule has 0 aliphatic rings. The number of carbonyl (C=O) groups is 2. The molecule has 1 heterocycles. The summed E-state index contributed by atoms with van der Waals surface area (Å²) >= 11 is 0. The highest BCUT2D eigenvalue weighted by molar-refractivity contribution is 5.92. The Kier molecular flexibility index (Phi) is 5.94. The molecule has 0 aliphatic carbocycles. The number of hydrogen-bond donors (Lipinski definition) is 2. The van der Waals surface area contributed by atoms with Crippen LogP contribution in [0.15, 0.2) is 6.20 Å². The summed E-state index contributed by atoms with van der Waals surface area (Å²) in [5.74, 6) is -1.42. The topological polar surface area (TPSA) is 106 Å². The molecule has 8 nitrogen and oxygen atoms in total. The van der Waals surface area contributed by atoms with Crippen molar-refractivity contribution in [3.63, 3.8) is 0 Å². The zero-order valence-electron chi connectivity index (χ0n) is 11.0. The van der Waals surface area contributed by atoms with Crippen LogP contribution < -0.4 is 5.32 Å². The van der Waals surface area contributed by atoms with Crippen LogP contribution in [0.5, 0.6) is 0 Å². The van der Waals surface area contributed by atoms with Gasteiger partial charge in [0.1, 0.15) is 6.54 Å². The minimum absolute atomic E-state index is 0.0906. The van der Waals surface area contributed by atoms with Crippen molar-refractivity contribution in [2.75, 3.05) is 13.7 Å². The number of rotatable bonds is 8. The lowest BCUT2D eigenvalue weighted by atomic mass is 10.2. The number of nitrogens with one attached hydrogen (secondary N) is 1. The van der Waals surface area contributed by atoms with E-state index in [2.05, 4.69) is 15.6 Å². The molecule has 1 unspecified atom stereocenters. The fourth-order valence-corrected chi connectivity index (χ4v) is 1.62. The van der Waals surface area contributed by atoms with Gasteiger partial charge in [-0.15, -0.1) is 5.10 Å². The van der Waals surface area contributed by atoms with Crippen molar-refractivity contribution in [2.24, 2.45) is 0 Å². The van der Waals surface area contributed by atoms with E-state index in [-0.39, 0.29) is 24.2 Å². The van der Waals surface area contributed by atoms with Crippen LogP contribution in [-0.2, 0) is 16.1 Å². The highest BCUT2D eigenvalue weighted by Gasteiger charge is 2.16. The summed E-state index contributed by atoms with van der Waals surface area (Å²) in [7, 11) is 1.57. The second-order valence-electron chi connectivity index (χ2n) is 4.11. The predicted octanol–water partition coefficient (Wildman–Crippen LogP) is -0.0924. The van der Waals surface area contributed by atoms with Gasteiger partial charge in [-0.1, -0.05) is 18.6 Å². The van der Waals surface area contributed by atoms with E-state index in [9.17, 15) is 9.59 Å². The Hall–Kier alpha value is -1.96. The molecule has 1 amide bonds. The van der Waals surface area contributed by atoms with Gasteiger partial charge in [0.15, 0.2) is 5.69 Å². The number of hydrogen-bond acceptors (Lipinski definition) is 5. The molecule has 1 atom stereocenters. The average Bonchev–Trinajstić information content (AvgIpc) is 2.77. The van der Waals surface area contributed by atoms with Crippen molar-refractivity contribution >= 4 is 11.9 Å². The summed E-state index contributed by atoms with van der Waals surface area (Å²) in [5.41, 5.74) is 0.0958. The molecule has 0 saturated heterocycles. The summed E-state index contributed by atoms with van der Waals surface area (Å²) in [4.78, 5) is 22.4. The van der Waals surface area contributed by atoms with Gasteiger partial charge in [-0.3, -0.25) is 9.59 Å². The van der Waals surface area contributed by atoms with E-state index in [1.54, 1.807) is 7.11 Å². The molecule has 0 bridgehead atoms. The minimum Gasteiger partial charge on any atom is -0.480 e. The number of nitrogens with zero attached hydrogens (tertiary/aromatic N) is 3. The van der Waals surface area contributed by atoms with Gasteiger partial charge in [0, 0.05) is 7.11 Å². The van der Waals surface area contributed by atoms with Gasteiger partial charge >= 0.3 is 5.97 Å². The molecule has 19 heavy (non-hydrogen) atoms. The van der Waals surface area contributed by atoms with Gasteiger partial charge in [-0.2, -0.15) is 0 Å². The minimum atomic E-state index is -1.04. The Balaban J connectivity index is 2.60. The van der Waals surface area contributed by atoms with Crippen LogP contribution >= 0.6 is 0 Å². The molecule has 0 aromatic carbocycles. The SMILES string of the molecule is CCCC(COC)NC(=O)c1cn(CC(=O)O)nn1. The van der Waals surface area contributed by atoms with E-state index >= 15 is 0 Å². The molecule has 1 aromatic heterocycles. The number of carboxylic acids is 1. The molecular formula is C11H18N4O4. The Morgan fingerprint density at radius 3 is 2.89 bits per heavy atom. The summed E-state index contributed by atoms with van der Waals surface area (Å²) in [5, 5.41) is 18.6. The molecule has 0 fully saturated rings. The first-order chi connectivity index (χ1) is 9.06. The third-order valence-corrected chi connectivity index (χ3v) is 2.41. The standard InChI is InChI=1S/C11H18N4O4/c1-3-4-8(7-19-2)12-11(18)9-5-15(14-13-9)6-10(16)17/h5,8H,3-4,6-7H2,1-2H3,(H,12,18)(H,16,17). The van der Waals surface area contributed by atoms with Crippen LogP contribution in [0.25, 0.3) is 0 Å². The lowest BCUT2D eigenvalue weighted by molar-refractivity contribution is -0.137. The molecule has 0 spiro atoms. The fourth-order valence-electron chi connectivity index (χ4n) is 1.62. The summed E-state index contributed by atoms with van der Waals surface area (Å²) in [6.45, 7) is 2.11. The van der Waals surface area contributed by atoms with Crippen molar-refractivity contribution in [1.82, 2.24) is 20.3 Å². The van der Waals surface area contributed by atoms with E-state index in [4.69, 9.17) is 9.84 Å². The summed E-state index contributed by atoms with van der Waals surface area (Å²) in [6, 6.07) is -0.0906. The first kappa shape index (κ1) is 15.1. The summed E-state index contributed by atoms with van der Waals surface area (Å²) < 4.78 is 6.12. The van der Waals surface area contributed by atoms with Crippen molar-refractivity contribution in [3.8, 4) is 0 Å². The number of aliphatic carboxylic acids is 1. The van der Waals surface area contributed by atoms with Gasteiger partial charge < -0.3 is 15.2 Å². The smallest absolute Gasteiger partial charge is 0.325 e.